The summed E-state index contributed by atoms with van der Waals surface area (Å²) in [4.78, 5) is 0. The van der Waals surface area contributed by atoms with Gasteiger partial charge in [-0.25, -0.2) is 13.2 Å². The Labute approximate surface area is 107 Å². The van der Waals surface area contributed by atoms with Crippen LogP contribution in [0.25, 0.3) is 0 Å². The van der Waals surface area contributed by atoms with Gasteiger partial charge in [0, 0.05) is 17.7 Å². The van der Waals surface area contributed by atoms with Crippen LogP contribution in [0.15, 0.2) is 23.4 Å². The Morgan fingerprint density at radius 3 is 2.63 bits per heavy atom. The molecule has 0 aliphatic rings. The van der Waals surface area contributed by atoms with Gasteiger partial charge in [-0.05, 0) is 6.07 Å². The van der Waals surface area contributed by atoms with Gasteiger partial charge in [-0.3, -0.25) is 0 Å². The first-order valence-electron chi connectivity index (χ1n) is 5.35. The van der Waals surface area contributed by atoms with Crippen molar-refractivity contribution >= 4 is 5.84 Å². The Bertz CT molecular complexity index is 466. The fourth-order valence-corrected chi connectivity index (χ4v) is 1.34. The number of amidine groups is 1. The van der Waals surface area contributed by atoms with Gasteiger partial charge in [-0.15, -0.1) is 0 Å². The molecule has 106 valence electrons. The molecule has 1 aromatic carbocycles. The van der Waals surface area contributed by atoms with Gasteiger partial charge in [0.05, 0.1) is 6.54 Å². The summed E-state index contributed by atoms with van der Waals surface area (Å²) in [7, 11) is 0. The quantitative estimate of drug-likeness (QED) is 0.266. The van der Waals surface area contributed by atoms with Gasteiger partial charge >= 0.3 is 0 Å². The van der Waals surface area contributed by atoms with Crippen LogP contribution in [-0.4, -0.2) is 35.2 Å². The SMILES string of the molecule is N/C(=N/O)c1ccc(CNCC(F)(F)CO)c(F)c1. The highest BCUT2D eigenvalue weighted by molar-refractivity contribution is 5.97. The summed E-state index contributed by atoms with van der Waals surface area (Å²) < 4.78 is 39.0. The Morgan fingerprint density at radius 1 is 1.42 bits per heavy atom. The molecule has 5 nitrogen and oxygen atoms in total. The smallest absolute Gasteiger partial charge is 0.282 e. The van der Waals surface area contributed by atoms with Crippen LogP contribution in [0.4, 0.5) is 13.2 Å². The molecule has 0 atom stereocenters. The molecule has 19 heavy (non-hydrogen) atoms. The van der Waals surface area contributed by atoms with E-state index in [9.17, 15) is 13.2 Å². The van der Waals surface area contributed by atoms with Crippen LogP contribution in [0.5, 0.6) is 0 Å². The number of halogens is 3. The highest BCUT2D eigenvalue weighted by Crippen LogP contribution is 2.13. The third-order valence-electron chi connectivity index (χ3n) is 2.39. The normalized spacial score (nSPS) is 12.7. The summed E-state index contributed by atoms with van der Waals surface area (Å²) in [5.41, 5.74) is 5.62. The fourth-order valence-electron chi connectivity index (χ4n) is 1.34. The molecule has 5 N–H and O–H groups in total. The number of hydrogen-bond acceptors (Lipinski definition) is 4. The molecule has 0 amide bonds. The average Bonchev–Trinajstić information content (AvgIpc) is 2.39. The Morgan fingerprint density at radius 2 is 2.11 bits per heavy atom. The van der Waals surface area contributed by atoms with E-state index >= 15 is 0 Å². The molecule has 8 heteroatoms. The van der Waals surface area contributed by atoms with Crippen molar-refractivity contribution in [1.29, 1.82) is 0 Å². The second kappa shape index (κ2) is 6.39. The van der Waals surface area contributed by atoms with Crippen molar-refractivity contribution in [3.8, 4) is 0 Å². The highest BCUT2D eigenvalue weighted by atomic mass is 19.3. The first kappa shape index (κ1) is 15.3. The van der Waals surface area contributed by atoms with Gasteiger partial charge in [0.2, 0.25) is 0 Å². The number of nitrogens with two attached hydrogens (primary N) is 1. The maximum absolute atomic E-state index is 13.6. The van der Waals surface area contributed by atoms with E-state index in [-0.39, 0.29) is 23.5 Å². The average molecular weight is 277 g/mol. The summed E-state index contributed by atoms with van der Waals surface area (Å²) in [5.74, 6) is -4.15. The fraction of sp³-hybridized carbons (Fsp3) is 0.364. The first-order chi connectivity index (χ1) is 8.89. The van der Waals surface area contributed by atoms with E-state index in [0.717, 1.165) is 6.07 Å². The highest BCUT2D eigenvalue weighted by Gasteiger charge is 2.26. The van der Waals surface area contributed by atoms with Gasteiger partial charge in [-0.1, -0.05) is 17.3 Å². The van der Waals surface area contributed by atoms with Crippen LogP contribution in [0.3, 0.4) is 0 Å². The lowest BCUT2D eigenvalue weighted by atomic mass is 10.1. The zero-order chi connectivity index (χ0) is 14.5. The Hall–Kier alpha value is -1.80. The minimum atomic E-state index is -3.25. The van der Waals surface area contributed by atoms with Crippen molar-refractivity contribution in [3.63, 3.8) is 0 Å². The zero-order valence-electron chi connectivity index (χ0n) is 9.91. The number of aliphatic hydroxyl groups excluding tert-OH is 1. The predicted octanol–water partition coefficient (Wildman–Crippen LogP) is 0.637. The number of alkyl halides is 2. The minimum absolute atomic E-state index is 0.127. The maximum Gasteiger partial charge on any atom is 0.282 e. The van der Waals surface area contributed by atoms with Crippen molar-refractivity contribution in [3.05, 3.63) is 35.1 Å². The Balaban J connectivity index is 2.66. The van der Waals surface area contributed by atoms with E-state index in [4.69, 9.17) is 16.0 Å². The van der Waals surface area contributed by atoms with Gasteiger partial charge in [0.1, 0.15) is 12.4 Å². The van der Waals surface area contributed by atoms with Gasteiger partial charge in [0.15, 0.2) is 5.84 Å². The number of aliphatic hydroxyl groups is 1. The molecule has 0 aliphatic heterocycles. The molecule has 0 aromatic heterocycles. The third-order valence-corrected chi connectivity index (χ3v) is 2.39. The summed E-state index contributed by atoms with van der Waals surface area (Å²) in [6.07, 6.45) is 0. The molecule has 0 heterocycles. The molecule has 1 aromatic rings. The van der Waals surface area contributed by atoms with E-state index in [2.05, 4.69) is 10.5 Å². The molecule has 0 aliphatic carbocycles. The standard InChI is InChI=1S/C11H14F3N3O2/c12-9-3-7(10(15)17-19)1-2-8(9)4-16-5-11(13,14)6-18/h1-3,16,18-19H,4-6H2,(H2,15,17). The van der Waals surface area contributed by atoms with Crippen LogP contribution in [0.1, 0.15) is 11.1 Å². The maximum atomic E-state index is 13.6. The zero-order valence-corrected chi connectivity index (χ0v) is 9.91. The molecule has 0 unspecified atom stereocenters. The van der Waals surface area contributed by atoms with Gasteiger partial charge in [0.25, 0.3) is 5.92 Å². The Kier molecular flexibility index (Phi) is 5.13. The summed E-state index contributed by atoms with van der Waals surface area (Å²) in [6.45, 7) is -2.16. The van der Waals surface area contributed by atoms with Crippen LogP contribution in [0, 0.1) is 5.82 Å². The van der Waals surface area contributed by atoms with E-state index in [1.54, 1.807) is 0 Å². The van der Waals surface area contributed by atoms with Crippen molar-refractivity contribution < 1.29 is 23.5 Å². The number of oxime groups is 1. The van der Waals surface area contributed by atoms with Crippen LogP contribution in [-0.2, 0) is 6.54 Å². The van der Waals surface area contributed by atoms with E-state index < -0.39 is 24.9 Å². The minimum Gasteiger partial charge on any atom is -0.409 e. The summed E-state index contributed by atoms with van der Waals surface area (Å²) in [5, 5.41) is 21.8. The van der Waals surface area contributed by atoms with Crippen molar-refractivity contribution in [1.82, 2.24) is 5.32 Å². The van der Waals surface area contributed by atoms with Gasteiger partial charge in [-0.2, -0.15) is 0 Å². The van der Waals surface area contributed by atoms with Crippen LogP contribution >= 0.6 is 0 Å². The lowest BCUT2D eigenvalue weighted by Gasteiger charge is -2.14. The number of nitrogens with zero attached hydrogens (tertiary/aromatic N) is 1. The summed E-state index contributed by atoms with van der Waals surface area (Å²) in [6, 6.07) is 3.78. The molecule has 0 saturated carbocycles. The van der Waals surface area contributed by atoms with Crippen molar-refractivity contribution in [2.45, 2.75) is 12.5 Å². The molecule has 0 radical (unpaired) electrons. The molecule has 0 saturated heterocycles. The van der Waals surface area contributed by atoms with Crippen molar-refractivity contribution in [2.24, 2.45) is 10.9 Å². The van der Waals surface area contributed by atoms with Crippen LogP contribution < -0.4 is 11.1 Å². The lowest BCUT2D eigenvalue weighted by Crippen LogP contribution is -2.35. The topological polar surface area (TPSA) is 90.9 Å². The third kappa shape index (κ3) is 4.42. The number of nitrogens with one attached hydrogen (secondary N) is 1. The number of benzene rings is 1. The molecule has 0 bridgehead atoms. The molecule has 0 spiro atoms. The van der Waals surface area contributed by atoms with E-state index in [1.165, 1.54) is 12.1 Å². The monoisotopic (exact) mass is 277 g/mol. The largest absolute Gasteiger partial charge is 0.409 e. The number of hydrogen-bond donors (Lipinski definition) is 4. The molecule has 0 fully saturated rings. The van der Waals surface area contributed by atoms with Gasteiger partial charge < -0.3 is 21.4 Å². The summed E-state index contributed by atoms with van der Waals surface area (Å²) >= 11 is 0. The lowest BCUT2D eigenvalue weighted by molar-refractivity contribution is -0.0478. The first-order valence-corrected chi connectivity index (χ1v) is 5.35. The van der Waals surface area contributed by atoms with Crippen LogP contribution in [0.2, 0.25) is 0 Å². The second-order valence-electron chi connectivity index (χ2n) is 3.91. The van der Waals surface area contributed by atoms with E-state index in [1.807, 2.05) is 0 Å². The molecular formula is C11H14F3N3O2. The van der Waals surface area contributed by atoms with E-state index in [0.29, 0.717) is 0 Å². The molecule has 1 rings (SSSR count). The molecular weight excluding hydrogens is 263 g/mol. The second-order valence-corrected chi connectivity index (χ2v) is 3.91. The van der Waals surface area contributed by atoms with Crippen molar-refractivity contribution in [2.75, 3.05) is 13.2 Å². The predicted molar refractivity (Wildman–Crippen MR) is 62.7 cm³/mol. The number of rotatable bonds is 6.